The fraction of sp³-hybridized carbons (Fsp3) is 0.375. The third-order valence-corrected chi connectivity index (χ3v) is 3.00. The highest BCUT2D eigenvalue weighted by Gasteiger charge is 2.51. The van der Waals surface area contributed by atoms with Crippen LogP contribution >= 0.6 is 0 Å². The molecule has 0 bridgehead atoms. The molecule has 1 rings (SSSR count). The van der Waals surface area contributed by atoms with Crippen LogP contribution in [-0.2, 0) is 17.3 Å². The smallest absolute Gasteiger partial charge is 0.468 e. The molecule has 0 fully saturated rings. The van der Waals surface area contributed by atoms with E-state index in [9.17, 15) is 35.1 Å². The Labute approximate surface area is 105 Å². The zero-order valence-electron chi connectivity index (χ0n) is 9.44. The lowest BCUT2D eigenvalue weighted by Crippen LogP contribution is -2.43. The average molecular weight is 312 g/mol. The molecule has 0 spiro atoms. The lowest BCUT2D eigenvalue weighted by atomic mass is 10.8. The van der Waals surface area contributed by atoms with Crippen LogP contribution in [0.4, 0.5) is 26.3 Å². The van der Waals surface area contributed by atoms with Crippen molar-refractivity contribution in [3.05, 3.63) is 25.3 Å². The van der Waals surface area contributed by atoms with Gasteiger partial charge in [-0.15, -0.1) is 0 Å². The van der Waals surface area contributed by atoms with Crippen molar-refractivity contribution < 1.29 is 39.7 Å². The maximum Gasteiger partial charge on any atom is 0.468 e. The Bertz CT molecular complexity index is 460. The van der Waals surface area contributed by atoms with Gasteiger partial charge in [-0.3, -0.25) is 0 Å². The molecule has 0 N–H and O–H groups in total. The molecule has 1 aromatic rings. The number of alkyl halides is 6. The first kappa shape index (κ1) is 17.6. The van der Waals surface area contributed by atoms with Gasteiger partial charge in [0.2, 0.25) is 6.33 Å². The van der Waals surface area contributed by atoms with Gasteiger partial charge in [0.15, 0.2) is 0 Å². The van der Waals surface area contributed by atoms with Crippen molar-refractivity contribution in [1.29, 1.82) is 0 Å². The van der Waals surface area contributed by atoms with E-state index in [-0.39, 0.29) is 0 Å². The van der Waals surface area contributed by atoms with Crippen LogP contribution in [0.15, 0.2) is 25.3 Å². The normalized spacial score (nSPS) is 13.5. The Balaban J connectivity index is 0.000000356. The summed E-state index contributed by atoms with van der Waals surface area (Å²) in [5.41, 5.74) is -12.5. The van der Waals surface area contributed by atoms with E-state index in [0.29, 0.717) is 0 Å². The maximum atomic E-state index is 11.0. The topological polar surface area (TPSA) is 48.9 Å². The van der Waals surface area contributed by atoms with Gasteiger partial charge in [-0.2, -0.15) is 36.6 Å². The minimum Gasteiger partial charge on any atom is -0.759 e. The summed E-state index contributed by atoms with van der Waals surface area (Å²) in [5.74, 6) is 0. The molecule has 112 valence electrons. The maximum absolute atomic E-state index is 11.0. The van der Waals surface area contributed by atoms with Gasteiger partial charge >= 0.3 is 11.0 Å². The second kappa shape index (κ2) is 5.74. The Kier molecular flexibility index (Phi) is 5.32. The number of sulfone groups is 1. The molecule has 1 aromatic heterocycles. The fourth-order valence-corrected chi connectivity index (χ4v) is 1.01. The number of aromatic nitrogens is 2. The Hall–Kier alpha value is -1.36. The third kappa shape index (κ3) is 4.67. The average Bonchev–Trinajstić information content (AvgIpc) is 2.62. The van der Waals surface area contributed by atoms with Gasteiger partial charge in [0.1, 0.15) is 12.4 Å². The Morgan fingerprint density at radius 3 is 1.79 bits per heavy atom. The van der Waals surface area contributed by atoms with Crippen LogP contribution in [0.3, 0.4) is 0 Å². The Morgan fingerprint density at radius 1 is 1.26 bits per heavy atom. The predicted octanol–water partition coefficient (Wildman–Crippen LogP) is 1.59. The number of imidazole rings is 1. The third-order valence-electron chi connectivity index (χ3n) is 1.67. The standard InChI is InChI=1S/C6H9N2.C2H2F6O2S/c1-3-8-5-4-7(2)6-8;3-1(4,5)11(9,10)2(6,7)8/h3-6H,1H2,2H3;11H,(H,9,10)/q+1;/p-1. The molecule has 19 heavy (non-hydrogen) atoms. The molecule has 0 saturated carbocycles. The van der Waals surface area contributed by atoms with Gasteiger partial charge in [-0.05, 0) is 0 Å². The molecule has 1 heterocycles. The molecule has 0 aliphatic heterocycles. The van der Waals surface area contributed by atoms with Crippen LogP contribution < -0.4 is 4.57 Å². The largest absolute Gasteiger partial charge is 0.759 e. The van der Waals surface area contributed by atoms with Gasteiger partial charge < -0.3 is 4.55 Å². The summed E-state index contributed by atoms with van der Waals surface area (Å²) in [6.07, 6.45) is 7.58. The zero-order valence-corrected chi connectivity index (χ0v) is 10.3. The van der Waals surface area contributed by atoms with Crippen molar-refractivity contribution in [3.8, 4) is 0 Å². The number of rotatable bonds is 1. The number of thiol groups is 1. The van der Waals surface area contributed by atoms with Crippen LogP contribution in [-0.4, -0.2) is 24.3 Å². The first-order valence-electron chi connectivity index (χ1n) is 4.43. The van der Waals surface area contributed by atoms with Gasteiger partial charge in [0.25, 0.3) is 0 Å². The van der Waals surface area contributed by atoms with Crippen molar-refractivity contribution in [1.82, 2.24) is 4.57 Å². The SMILES string of the molecule is C=C[n+]1ccn(C)c1.O=[SH]([O-])(C(F)(F)F)C(F)(F)F. The lowest BCUT2D eigenvalue weighted by Gasteiger charge is -2.37. The van der Waals surface area contributed by atoms with Gasteiger partial charge in [-0.1, -0.05) is 6.58 Å². The number of aryl methyl sites for hydroxylation is 1. The summed E-state index contributed by atoms with van der Waals surface area (Å²) in [6, 6.07) is 0. The van der Waals surface area contributed by atoms with Crippen molar-refractivity contribution >= 4 is 16.4 Å². The number of hydrogen-bond acceptors (Lipinski definition) is 2. The summed E-state index contributed by atoms with van der Waals surface area (Å²) in [7, 11) is -5.34. The fourth-order valence-electron chi connectivity index (χ4n) is 0.721. The molecule has 11 heteroatoms. The number of halogens is 6. The Morgan fingerprint density at radius 2 is 1.68 bits per heavy atom. The molecule has 0 aliphatic carbocycles. The van der Waals surface area contributed by atoms with Crippen LogP contribution in [0.2, 0.25) is 0 Å². The minimum atomic E-state index is -7.31. The summed E-state index contributed by atoms with van der Waals surface area (Å²) in [5, 5.41) is 0. The zero-order chi connectivity index (χ0) is 15.5. The molecule has 4 nitrogen and oxygen atoms in total. The van der Waals surface area contributed by atoms with Crippen LogP contribution in [0.25, 0.3) is 6.20 Å². The monoisotopic (exact) mass is 312 g/mol. The van der Waals surface area contributed by atoms with E-state index in [1.807, 2.05) is 34.9 Å². The van der Waals surface area contributed by atoms with E-state index >= 15 is 0 Å². The van der Waals surface area contributed by atoms with E-state index in [1.54, 1.807) is 6.20 Å². The van der Waals surface area contributed by atoms with E-state index in [2.05, 4.69) is 6.58 Å². The van der Waals surface area contributed by atoms with Gasteiger partial charge in [0, 0.05) is 0 Å². The van der Waals surface area contributed by atoms with Crippen LogP contribution in [0.5, 0.6) is 0 Å². The first-order chi connectivity index (χ1) is 8.33. The molecule has 0 saturated heterocycles. The van der Waals surface area contributed by atoms with Crippen molar-refractivity contribution in [2.24, 2.45) is 7.05 Å². The van der Waals surface area contributed by atoms with E-state index in [1.165, 1.54) is 0 Å². The van der Waals surface area contributed by atoms with Crippen LogP contribution in [0.1, 0.15) is 0 Å². The minimum absolute atomic E-state index is 1.75. The van der Waals surface area contributed by atoms with E-state index in [4.69, 9.17) is 0 Å². The van der Waals surface area contributed by atoms with Gasteiger partial charge in [0.05, 0.1) is 13.2 Å². The molecule has 0 aliphatic rings. The molecule has 0 atom stereocenters. The molecular formula is C8H10F6N2O2S. The lowest BCUT2D eigenvalue weighted by molar-refractivity contribution is -0.567. The highest BCUT2D eigenvalue weighted by atomic mass is 32.3. The van der Waals surface area contributed by atoms with Crippen molar-refractivity contribution in [2.75, 3.05) is 0 Å². The summed E-state index contributed by atoms with van der Waals surface area (Å²) >= 11 is 0. The highest BCUT2D eigenvalue weighted by molar-refractivity contribution is 7.99. The number of hydrogen-bond donors (Lipinski definition) is 1. The highest BCUT2D eigenvalue weighted by Crippen LogP contribution is 2.40. The predicted molar refractivity (Wildman–Crippen MR) is 54.4 cm³/mol. The molecule has 0 unspecified atom stereocenters. The molecule has 0 radical (unpaired) electrons. The van der Waals surface area contributed by atoms with Gasteiger partial charge in [-0.25, -0.2) is 13.3 Å². The van der Waals surface area contributed by atoms with Crippen molar-refractivity contribution in [3.63, 3.8) is 0 Å². The molecular weight excluding hydrogens is 302 g/mol. The summed E-state index contributed by atoms with van der Waals surface area (Å²) in [4.78, 5) is 0. The summed E-state index contributed by atoms with van der Waals surface area (Å²) < 4.78 is 89.0. The molecule has 0 amide bonds. The van der Waals surface area contributed by atoms with E-state index < -0.39 is 21.2 Å². The van der Waals surface area contributed by atoms with Crippen LogP contribution in [0, 0.1) is 0 Å². The summed E-state index contributed by atoms with van der Waals surface area (Å²) in [6.45, 7) is 3.59. The quantitative estimate of drug-likeness (QED) is 0.486. The van der Waals surface area contributed by atoms with Crippen molar-refractivity contribution in [2.45, 2.75) is 11.0 Å². The second-order valence-corrected chi connectivity index (χ2v) is 5.31. The number of nitrogens with zero attached hydrogens (tertiary/aromatic N) is 2. The molecule has 0 aromatic carbocycles. The second-order valence-electron chi connectivity index (χ2n) is 3.20. The first-order valence-corrected chi connectivity index (χ1v) is 6.05. The van der Waals surface area contributed by atoms with E-state index in [0.717, 1.165) is 0 Å².